The Balaban J connectivity index is 0.00000312. The second kappa shape index (κ2) is 12.7. The summed E-state index contributed by atoms with van der Waals surface area (Å²) in [5.41, 5.74) is 1.10. The third kappa shape index (κ3) is 8.87. The van der Waals surface area contributed by atoms with Crippen molar-refractivity contribution in [3.05, 3.63) is 58.3 Å². The number of guanidine groups is 1. The Labute approximate surface area is 170 Å². The predicted octanol–water partition coefficient (Wildman–Crippen LogP) is 3.13. The lowest BCUT2D eigenvalue weighted by molar-refractivity contribution is -0.121. The number of benzene rings is 1. The predicted molar refractivity (Wildman–Crippen MR) is 115 cm³/mol. The molecule has 1 amide bonds. The van der Waals surface area contributed by atoms with Gasteiger partial charge in [-0.05, 0) is 23.9 Å². The number of nitrogens with zero attached hydrogens (tertiary/aromatic N) is 1. The van der Waals surface area contributed by atoms with Crippen molar-refractivity contribution in [2.75, 3.05) is 13.1 Å². The second-order valence-corrected chi connectivity index (χ2v) is 6.25. The minimum Gasteiger partial charge on any atom is -0.357 e. The van der Waals surface area contributed by atoms with Gasteiger partial charge in [0.15, 0.2) is 5.96 Å². The molecule has 0 unspecified atom stereocenters. The quantitative estimate of drug-likeness (QED) is 0.314. The van der Waals surface area contributed by atoms with Crippen molar-refractivity contribution in [2.24, 2.45) is 4.99 Å². The molecule has 1 aromatic heterocycles. The van der Waals surface area contributed by atoms with Crippen LogP contribution in [0.25, 0.3) is 0 Å². The summed E-state index contributed by atoms with van der Waals surface area (Å²) in [5, 5.41) is 11.3. The van der Waals surface area contributed by atoms with E-state index in [0.29, 0.717) is 26.1 Å². The molecule has 2 rings (SSSR count). The molecule has 2 aromatic rings. The SMILES string of the molecule is CCNC(=NCc1cccs1)NCCC(=O)NCc1ccccc1.I. The number of hydrogen-bond acceptors (Lipinski definition) is 3. The minimum atomic E-state index is 0. The summed E-state index contributed by atoms with van der Waals surface area (Å²) < 4.78 is 0. The molecule has 0 radical (unpaired) electrons. The third-order valence-corrected chi connectivity index (χ3v) is 4.16. The van der Waals surface area contributed by atoms with E-state index in [9.17, 15) is 4.79 Å². The first-order valence-electron chi connectivity index (χ1n) is 8.13. The molecule has 3 N–H and O–H groups in total. The number of carbonyl (C=O) groups is 1. The molecule has 0 bridgehead atoms. The van der Waals surface area contributed by atoms with Crippen LogP contribution in [0.1, 0.15) is 23.8 Å². The molecular weight excluding hydrogens is 447 g/mol. The molecule has 25 heavy (non-hydrogen) atoms. The van der Waals surface area contributed by atoms with Crippen LogP contribution in [-0.4, -0.2) is 25.0 Å². The van der Waals surface area contributed by atoms with Gasteiger partial charge in [0, 0.05) is 30.9 Å². The zero-order valence-corrected chi connectivity index (χ0v) is 17.5. The highest BCUT2D eigenvalue weighted by Gasteiger charge is 2.03. The van der Waals surface area contributed by atoms with Crippen molar-refractivity contribution in [1.82, 2.24) is 16.0 Å². The summed E-state index contributed by atoms with van der Waals surface area (Å²) in [4.78, 5) is 17.6. The molecule has 0 atom stereocenters. The number of amides is 1. The summed E-state index contributed by atoms with van der Waals surface area (Å²) >= 11 is 1.69. The molecule has 0 saturated carbocycles. The normalized spacial score (nSPS) is 10.7. The lowest BCUT2D eigenvalue weighted by Crippen LogP contribution is -2.39. The number of halogens is 1. The molecule has 0 spiro atoms. The van der Waals surface area contributed by atoms with Gasteiger partial charge >= 0.3 is 0 Å². The molecule has 7 heteroatoms. The van der Waals surface area contributed by atoms with Gasteiger partial charge in [0.1, 0.15) is 0 Å². The molecule has 0 aliphatic heterocycles. The van der Waals surface area contributed by atoms with E-state index in [1.54, 1.807) is 11.3 Å². The fraction of sp³-hybridized carbons (Fsp3) is 0.333. The fourth-order valence-electron chi connectivity index (χ4n) is 2.08. The van der Waals surface area contributed by atoms with Crippen molar-refractivity contribution in [3.8, 4) is 0 Å². The van der Waals surface area contributed by atoms with Crippen LogP contribution in [0.3, 0.4) is 0 Å². The average molecular weight is 472 g/mol. The van der Waals surface area contributed by atoms with Crippen LogP contribution in [0.4, 0.5) is 0 Å². The van der Waals surface area contributed by atoms with Crippen LogP contribution in [-0.2, 0) is 17.9 Å². The standard InChI is InChI=1S/C18H24N4OS.HI/c1-2-19-18(22-14-16-9-6-12-24-16)20-11-10-17(23)21-13-15-7-4-3-5-8-15;/h3-9,12H,2,10-11,13-14H2,1H3,(H,21,23)(H2,19,20,22);1H. The first kappa shape index (κ1) is 21.4. The largest absolute Gasteiger partial charge is 0.357 e. The number of nitrogens with one attached hydrogen (secondary N) is 3. The Morgan fingerprint density at radius 2 is 1.88 bits per heavy atom. The van der Waals surface area contributed by atoms with Crippen LogP contribution in [0.5, 0.6) is 0 Å². The summed E-state index contributed by atoms with van der Waals surface area (Å²) in [5.74, 6) is 0.766. The van der Waals surface area contributed by atoms with E-state index in [1.165, 1.54) is 4.88 Å². The Hall–Kier alpha value is -1.61. The van der Waals surface area contributed by atoms with E-state index in [2.05, 4.69) is 27.0 Å². The smallest absolute Gasteiger partial charge is 0.222 e. The van der Waals surface area contributed by atoms with Gasteiger partial charge in [-0.1, -0.05) is 36.4 Å². The van der Waals surface area contributed by atoms with Crippen LogP contribution >= 0.6 is 35.3 Å². The second-order valence-electron chi connectivity index (χ2n) is 5.21. The van der Waals surface area contributed by atoms with Crippen molar-refractivity contribution in [3.63, 3.8) is 0 Å². The Morgan fingerprint density at radius 1 is 1.08 bits per heavy atom. The van der Waals surface area contributed by atoms with E-state index in [1.807, 2.05) is 48.7 Å². The van der Waals surface area contributed by atoms with Crippen LogP contribution in [0.2, 0.25) is 0 Å². The lowest BCUT2D eigenvalue weighted by atomic mass is 10.2. The Bertz CT molecular complexity index is 632. The summed E-state index contributed by atoms with van der Waals surface area (Å²) in [6.45, 7) is 4.57. The van der Waals surface area contributed by atoms with E-state index in [4.69, 9.17) is 0 Å². The molecular formula is C18H25IN4OS. The van der Waals surface area contributed by atoms with Gasteiger partial charge in [0.2, 0.25) is 5.91 Å². The minimum absolute atomic E-state index is 0. The monoisotopic (exact) mass is 472 g/mol. The molecule has 0 aliphatic carbocycles. The highest BCUT2D eigenvalue weighted by molar-refractivity contribution is 14.0. The van der Waals surface area contributed by atoms with Gasteiger partial charge in [-0.2, -0.15) is 0 Å². The molecule has 136 valence electrons. The highest BCUT2D eigenvalue weighted by atomic mass is 127. The zero-order valence-electron chi connectivity index (χ0n) is 14.3. The third-order valence-electron chi connectivity index (χ3n) is 3.29. The van der Waals surface area contributed by atoms with Crippen molar-refractivity contribution in [1.29, 1.82) is 0 Å². The topological polar surface area (TPSA) is 65.5 Å². The molecule has 1 aromatic carbocycles. The molecule has 1 heterocycles. The van der Waals surface area contributed by atoms with Crippen LogP contribution < -0.4 is 16.0 Å². The maximum Gasteiger partial charge on any atom is 0.222 e. The molecule has 0 saturated heterocycles. The maximum atomic E-state index is 11.9. The summed E-state index contributed by atoms with van der Waals surface area (Å²) in [6, 6.07) is 14.0. The molecule has 0 aliphatic rings. The summed E-state index contributed by atoms with van der Waals surface area (Å²) in [6.07, 6.45) is 0.413. The summed E-state index contributed by atoms with van der Waals surface area (Å²) in [7, 11) is 0. The van der Waals surface area contributed by atoms with E-state index in [-0.39, 0.29) is 29.9 Å². The van der Waals surface area contributed by atoms with E-state index < -0.39 is 0 Å². The van der Waals surface area contributed by atoms with E-state index in [0.717, 1.165) is 18.1 Å². The van der Waals surface area contributed by atoms with Crippen LogP contribution in [0, 0.1) is 0 Å². The van der Waals surface area contributed by atoms with Crippen LogP contribution in [0.15, 0.2) is 52.8 Å². The first-order chi connectivity index (χ1) is 11.8. The van der Waals surface area contributed by atoms with Crippen molar-refractivity contribution in [2.45, 2.75) is 26.4 Å². The van der Waals surface area contributed by atoms with Gasteiger partial charge in [-0.15, -0.1) is 35.3 Å². The van der Waals surface area contributed by atoms with Gasteiger partial charge < -0.3 is 16.0 Å². The van der Waals surface area contributed by atoms with Gasteiger partial charge in [0.05, 0.1) is 6.54 Å². The Morgan fingerprint density at radius 3 is 2.56 bits per heavy atom. The van der Waals surface area contributed by atoms with Gasteiger partial charge in [-0.3, -0.25) is 4.79 Å². The number of aliphatic imine (C=N–C) groups is 1. The first-order valence-corrected chi connectivity index (χ1v) is 9.01. The number of hydrogen-bond donors (Lipinski definition) is 3. The van der Waals surface area contributed by atoms with Gasteiger partial charge in [0.25, 0.3) is 0 Å². The van der Waals surface area contributed by atoms with Crippen molar-refractivity contribution >= 4 is 47.2 Å². The molecule has 5 nitrogen and oxygen atoms in total. The number of rotatable bonds is 8. The lowest BCUT2D eigenvalue weighted by Gasteiger charge is -2.11. The number of carbonyl (C=O) groups excluding carboxylic acids is 1. The van der Waals surface area contributed by atoms with Crippen molar-refractivity contribution < 1.29 is 4.79 Å². The number of thiophene rings is 1. The maximum absolute atomic E-state index is 11.9. The van der Waals surface area contributed by atoms with Gasteiger partial charge in [-0.25, -0.2) is 4.99 Å². The Kier molecular flexibility index (Phi) is 10.9. The fourth-order valence-corrected chi connectivity index (χ4v) is 2.71. The average Bonchev–Trinajstić information content (AvgIpc) is 3.12. The highest BCUT2D eigenvalue weighted by Crippen LogP contribution is 2.09. The van der Waals surface area contributed by atoms with E-state index >= 15 is 0 Å². The zero-order chi connectivity index (χ0) is 17.0. The molecule has 0 fully saturated rings.